The Morgan fingerprint density at radius 1 is 1.32 bits per heavy atom. The largest absolute Gasteiger partial charge is 0.486 e. The summed E-state index contributed by atoms with van der Waals surface area (Å²) < 4.78 is 25.2. The third-order valence-electron chi connectivity index (χ3n) is 3.29. The number of hydrogen-bond acceptors (Lipinski definition) is 3. The summed E-state index contributed by atoms with van der Waals surface area (Å²) in [5.74, 6) is -0.608. The van der Waals surface area contributed by atoms with E-state index in [0.717, 1.165) is 0 Å². The van der Waals surface area contributed by atoms with Gasteiger partial charge in [0.2, 0.25) is 0 Å². The lowest BCUT2D eigenvalue weighted by atomic mass is 10.0. The molecule has 0 bridgehead atoms. The Morgan fingerprint density at radius 2 is 1.95 bits per heavy atom. The Labute approximate surface area is 112 Å². The zero-order chi connectivity index (χ0) is 14.0. The van der Waals surface area contributed by atoms with Crippen LogP contribution in [-0.4, -0.2) is 24.1 Å². The van der Waals surface area contributed by atoms with Crippen LogP contribution in [0.3, 0.4) is 0 Å². The summed E-state index contributed by atoms with van der Waals surface area (Å²) in [5.41, 5.74) is 0.298. The summed E-state index contributed by atoms with van der Waals surface area (Å²) in [6.07, 6.45) is 1.46. The Morgan fingerprint density at radius 3 is 2.53 bits per heavy atom. The molecule has 1 heterocycles. The fourth-order valence-electron chi connectivity index (χ4n) is 2.51. The third kappa shape index (κ3) is 3.32. The van der Waals surface area contributed by atoms with Crippen molar-refractivity contribution >= 4 is 5.78 Å². The van der Waals surface area contributed by atoms with Gasteiger partial charge < -0.3 is 9.47 Å². The summed E-state index contributed by atoms with van der Waals surface area (Å²) in [6.45, 7) is 5.36. The van der Waals surface area contributed by atoms with Gasteiger partial charge in [-0.2, -0.15) is 0 Å². The van der Waals surface area contributed by atoms with Crippen LogP contribution in [0, 0.1) is 5.82 Å². The first-order valence-corrected chi connectivity index (χ1v) is 6.59. The first kappa shape index (κ1) is 14.0. The van der Waals surface area contributed by atoms with Crippen molar-refractivity contribution in [2.24, 2.45) is 0 Å². The molecule has 0 saturated carbocycles. The molecule has 3 nitrogen and oxygen atoms in total. The van der Waals surface area contributed by atoms with E-state index in [1.165, 1.54) is 19.1 Å². The molecule has 1 aromatic carbocycles. The van der Waals surface area contributed by atoms with Gasteiger partial charge in [-0.25, -0.2) is 4.39 Å². The number of carbonyl (C=O) groups excluding carboxylic acids is 1. The van der Waals surface area contributed by atoms with Gasteiger partial charge in [0.25, 0.3) is 0 Å². The SMILES string of the molecule is CC(=O)c1cccc(F)c1OC1CC(C)OC(C)C1. The van der Waals surface area contributed by atoms with Gasteiger partial charge in [-0.15, -0.1) is 0 Å². The van der Waals surface area contributed by atoms with E-state index in [9.17, 15) is 9.18 Å². The molecule has 19 heavy (non-hydrogen) atoms. The van der Waals surface area contributed by atoms with E-state index in [2.05, 4.69) is 0 Å². The van der Waals surface area contributed by atoms with Crippen LogP contribution >= 0.6 is 0 Å². The first-order chi connectivity index (χ1) is 8.97. The summed E-state index contributed by atoms with van der Waals surface area (Å²) in [6, 6.07) is 4.43. The van der Waals surface area contributed by atoms with Gasteiger partial charge in [-0.05, 0) is 32.9 Å². The Bertz CT molecular complexity index is 462. The predicted octanol–water partition coefficient (Wildman–Crippen LogP) is 3.36. The van der Waals surface area contributed by atoms with Gasteiger partial charge in [-0.1, -0.05) is 6.07 Å². The van der Waals surface area contributed by atoms with Crippen LogP contribution in [-0.2, 0) is 4.74 Å². The van der Waals surface area contributed by atoms with Crippen molar-refractivity contribution < 1.29 is 18.7 Å². The van der Waals surface area contributed by atoms with Crippen molar-refractivity contribution in [3.63, 3.8) is 0 Å². The van der Waals surface area contributed by atoms with Crippen LogP contribution in [0.5, 0.6) is 5.75 Å². The standard InChI is InChI=1S/C15H19FO3/c1-9-7-12(8-10(2)18-9)19-15-13(11(3)17)5-4-6-14(15)16/h4-6,9-10,12H,7-8H2,1-3H3. The smallest absolute Gasteiger partial charge is 0.166 e. The number of Topliss-reactive ketones (excluding diaryl/α,β-unsaturated/α-hetero) is 1. The fourth-order valence-corrected chi connectivity index (χ4v) is 2.51. The number of halogens is 1. The van der Waals surface area contributed by atoms with Crippen LogP contribution in [0.2, 0.25) is 0 Å². The molecule has 4 heteroatoms. The van der Waals surface area contributed by atoms with Crippen LogP contribution in [0.1, 0.15) is 44.0 Å². The molecule has 1 fully saturated rings. The van der Waals surface area contributed by atoms with Gasteiger partial charge in [0.1, 0.15) is 6.10 Å². The highest BCUT2D eigenvalue weighted by Gasteiger charge is 2.27. The summed E-state index contributed by atoms with van der Waals surface area (Å²) in [5, 5.41) is 0. The average Bonchev–Trinajstić information content (AvgIpc) is 2.30. The van der Waals surface area contributed by atoms with E-state index in [0.29, 0.717) is 18.4 Å². The summed E-state index contributed by atoms with van der Waals surface area (Å²) in [7, 11) is 0. The summed E-state index contributed by atoms with van der Waals surface area (Å²) in [4.78, 5) is 11.5. The highest BCUT2D eigenvalue weighted by molar-refractivity contribution is 5.96. The molecule has 2 unspecified atom stereocenters. The van der Waals surface area contributed by atoms with Crippen molar-refractivity contribution in [1.29, 1.82) is 0 Å². The van der Waals surface area contributed by atoms with E-state index in [4.69, 9.17) is 9.47 Å². The molecule has 0 amide bonds. The quantitative estimate of drug-likeness (QED) is 0.787. The molecule has 0 spiro atoms. The monoisotopic (exact) mass is 266 g/mol. The number of benzene rings is 1. The Hall–Kier alpha value is -1.42. The first-order valence-electron chi connectivity index (χ1n) is 6.59. The number of ketones is 1. The second-order valence-electron chi connectivity index (χ2n) is 5.14. The van der Waals surface area contributed by atoms with Gasteiger partial charge in [-0.3, -0.25) is 4.79 Å². The lowest BCUT2D eigenvalue weighted by Crippen LogP contribution is -2.36. The van der Waals surface area contributed by atoms with Crippen molar-refractivity contribution in [2.45, 2.75) is 51.9 Å². The lowest BCUT2D eigenvalue weighted by molar-refractivity contribution is -0.0728. The number of hydrogen-bond donors (Lipinski definition) is 0. The number of carbonyl (C=O) groups is 1. The maximum absolute atomic E-state index is 13.9. The molecule has 0 radical (unpaired) electrons. The molecule has 2 rings (SSSR count). The van der Waals surface area contributed by atoms with Gasteiger partial charge in [0.15, 0.2) is 17.3 Å². The summed E-state index contributed by atoms with van der Waals surface area (Å²) >= 11 is 0. The minimum atomic E-state index is -0.487. The molecular weight excluding hydrogens is 247 g/mol. The second kappa shape index (κ2) is 5.70. The van der Waals surface area contributed by atoms with Crippen LogP contribution in [0.25, 0.3) is 0 Å². The molecule has 0 N–H and O–H groups in total. The minimum absolute atomic E-state index is 0.0706. The molecule has 0 aromatic heterocycles. The molecule has 1 aliphatic heterocycles. The van der Waals surface area contributed by atoms with Crippen LogP contribution in [0.15, 0.2) is 18.2 Å². The topological polar surface area (TPSA) is 35.5 Å². The zero-order valence-electron chi connectivity index (χ0n) is 11.5. The van der Waals surface area contributed by atoms with Gasteiger partial charge in [0, 0.05) is 12.8 Å². The molecular formula is C15H19FO3. The van der Waals surface area contributed by atoms with E-state index in [1.807, 2.05) is 13.8 Å². The maximum atomic E-state index is 13.9. The number of para-hydroxylation sites is 1. The predicted molar refractivity (Wildman–Crippen MR) is 70.1 cm³/mol. The average molecular weight is 266 g/mol. The number of rotatable bonds is 3. The van der Waals surface area contributed by atoms with Gasteiger partial charge in [0.05, 0.1) is 17.8 Å². The van der Waals surface area contributed by atoms with Crippen molar-refractivity contribution in [3.05, 3.63) is 29.6 Å². The third-order valence-corrected chi connectivity index (χ3v) is 3.29. The highest BCUT2D eigenvalue weighted by atomic mass is 19.1. The highest BCUT2D eigenvalue weighted by Crippen LogP contribution is 2.29. The van der Waals surface area contributed by atoms with Crippen molar-refractivity contribution in [1.82, 2.24) is 0 Å². The van der Waals surface area contributed by atoms with E-state index >= 15 is 0 Å². The molecule has 2 atom stereocenters. The maximum Gasteiger partial charge on any atom is 0.166 e. The van der Waals surface area contributed by atoms with Gasteiger partial charge >= 0.3 is 0 Å². The van der Waals surface area contributed by atoms with E-state index in [1.54, 1.807) is 6.07 Å². The molecule has 104 valence electrons. The van der Waals surface area contributed by atoms with E-state index < -0.39 is 5.82 Å². The number of ether oxygens (including phenoxy) is 2. The molecule has 0 aliphatic carbocycles. The molecule has 1 aliphatic rings. The Balaban J connectivity index is 2.21. The second-order valence-corrected chi connectivity index (χ2v) is 5.14. The van der Waals surface area contributed by atoms with Crippen molar-refractivity contribution in [2.75, 3.05) is 0 Å². The zero-order valence-corrected chi connectivity index (χ0v) is 11.5. The van der Waals surface area contributed by atoms with E-state index in [-0.39, 0.29) is 29.8 Å². The molecule has 1 aromatic rings. The molecule has 1 saturated heterocycles. The van der Waals surface area contributed by atoms with Crippen molar-refractivity contribution in [3.8, 4) is 5.75 Å². The van der Waals surface area contributed by atoms with Crippen LogP contribution < -0.4 is 4.74 Å². The normalized spacial score (nSPS) is 27.1. The Kier molecular flexibility index (Phi) is 4.20. The minimum Gasteiger partial charge on any atom is -0.486 e. The lowest BCUT2D eigenvalue weighted by Gasteiger charge is -2.32. The van der Waals surface area contributed by atoms with Crippen LogP contribution in [0.4, 0.5) is 4.39 Å². The fraction of sp³-hybridized carbons (Fsp3) is 0.533.